The molecule has 0 aliphatic heterocycles. The Morgan fingerprint density at radius 1 is 1.00 bits per heavy atom. The van der Waals surface area contributed by atoms with Crippen molar-refractivity contribution in [3.63, 3.8) is 0 Å². The van der Waals surface area contributed by atoms with Gasteiger partial charge >= 0.3 is 0 Å². The molecule has 0 amide bonds. The Balaban J connectivity index is 1.82. The first-order chi connectivity index (χ1) is 14.1. The molecule has 1 aromatic heterocycles. The minimum absolute atomic E-state index is 0.239. The molecule has 0 unspecified atom stereocenters. The zero-order valence-electron chi connectivity index (χ0n) is 16.7. The molecule has 0 aliphatic carbocycles. The zero-order valence-corrected chi connectivity index (χ0v) is 16.7. The molecular formula is C26H24FNO. The van der Waals surface area contributed by atoms with Gasteiger partial charge < -0.3 is 9.30 Å². The molecule has 0 atom stereocenters. The fourth-order valence-corrected chi connectivity index (χ4v) is 3.80. The molecule has 0 aliphatic rings. The predicted molar refractivity (Wildman–Crippen MR) is 118 cm³/mol. The van der Waals surface area contributed by atoms with E-state index in [9.17, 15) is 4.39 Å². The van der Waals surface area contributed by atoms with Crippen molar-refractivity contribution in [1.29, 1.82) is 0 Å². The van der Waals surface area contributed by atoms with Crippen LogP contribution in [0.5, 0.6) is 5.75 Å². The van der Waals surface area contributed by atoms with E-state index >= 15 is 0 Å². The molecule has 0 fully saturated rings. The van der Waals surface area contributed by atoms with E-state index in [-0.39, 0.29) is 11.7 Å². The second kappa shape index (κ2) is 7.96. The number of benzene rings is 3. The lowest BCUT2D eigenvalue weighted by Gasteiger charge is -2.14. The van der Waals surface area contributed by atoms with Crippen LogP contribution in [0, 0.1) is 5.82 Å². The van der Waals surface area contributed by atoms with E-state index in [2.05, 4.69) is 49.3 Å². The Bertz CT molecular complexity index is 1140. The summed E-state index contributed by atoms with van der Waals surface area (Å²) in [6, 6.07) is 22.9. The van der Waals surface area contributed by atoms with Gasteiger partial charge in [-0.2, -0.15) is 0 Å². The van der Waals surface area contributed by atoms with E-state index in [1.165, 1.54) is 12.1 Å². The van der Waals surface area contributed by atoms with Crippen molar-refractivity contribution < 1.29 is 9.13 Å². The molecule has 29 heavy (non-hydrogen) atoms. The fourth-order valence-electron chi connectivity index (χ4n) is 3.80. The van der Waals surface area contributed by atoms with Crippen molar-refractivity contribution >= 4 is 17.0 Å². The topological polar surface area (TPSA) is 14.2 Å². The first-order valence-corrected chi connectivity index (χ1v) is 9.82. The van der Waals surface area contributed by atoms with Crippen LogP contribution < -0.4 is 4.74 Å². The van der Waals surface area contributed by atoms with Gasteiger partial charge in [-0.15, -0.1) is 0 Å². The molecular weight excluding hydrogens is 361 g/mol. The quantitative estimate of drug-likeness (QED) is 0.345. The Kier molecular flexibility index (Phi) is 5.22. The lowest BCUT2D eigenvalue weighted by atomic mass is 10.0. The van der Waals surface area contributed by atoms with E-state index < -0.39 is 0 Å². The summed E-state index contributed by atoms with van der Waals surface area (Å²) in [4.78, 5) is 0. The van der Waals surface area contributed by atoms with Crippen LogP contribution in [-0.4, -0.2) is 4.57 Å². The first kappa shape index (κ1) is 19.0. The van der Waals surface area contributed by atoms with Crippen LogP contribution in [0.2, 0.25) is 0 Å². The van der Waals surface area contributed by atoms with Gasteiger partial charge in [-0.25, -0.2) is 4.39 Å². The summed E-state index contributed by atoms with van der Waals surface area (Å²) in [5, 5.41) is 1.08. The monoisotopic (exact) mass is 385 g/mol. The number of nitrogens with zero attached hydrogens (tertiary/aromatic N) is 1. The summed E-state index contributed by atoms with van der Waals surface area (Å²) < 4.78 is 21.7. The van der Waals surface area contributed by atoms with Crippen LogP contribution in [-0.2, 0) is 6.61 Å². The molecule has 0 saturated carbocycles. The van der Waals surface area contributed by atoms with Gasteiger partial charge in [-0.05, 0) is 53.9 Å². The standard InChI is InChI=1S/C26H24FNO/c1-4-23-24-16-22(29-17-19-8-6-5-7-9-19)14-15-25(24)28(26(23)18(2)3)21-12-10-20(27)11-13-21/h4-16,18H,1,17H2,2-3H3. The van der Waals surface area contributed by atoms with E-state index in [1.54, 1.807) is 0 Å². The van der Waals surface area contributed by atoms with Gasteiger partial charge in [-0.3, -0.25) is 0 Å². The highest BCUT2D eigenvalue weighted by Crippen LogP contribution is 2.36. The maximum atomic E-state index is 13.5. The lowest BCUT2D eigenvalue weighted by Crippen LogP contribution is -2.03. The molecule has 0 saturated heterocycles. The zero-order chi connectivity index (χ0) is 20.4. The Morgan fingerprint density at radius 3 is 2.38 bits per heavy atom. The second-order valence-electron chi connectivity index (χ2n) is 7.42. The summed E-state index contributed by atoms with van der Waals surface area (Å²) in [6.45, 7) is 8.90. The van der Waals surface area contributed by atoms with Crippen molar-refractivity contribution in [2.75, 3.05) is 0 Å². The van der Waals surface area contributed by atoms with Gasteiger partial charge in [0.05, 0.1) is 5.52 Å². The highest BCUT2D eigenvalue weighted by atomic mass is 19.1. The van der Waals surface area contributed by atoms with Gasteiger partial charge in [0.2, 0.25) is 0 Å². The normalized spacial score (nSPS) is 11.2. The minimum atomic E-state index is -0.239. The second-order valence-corrected chi connectivity index (χ2v) is 7.42. The van der Waals surface area contributed by atoms with Gasteiger partial charge in [0.15, 0.2) is 0 Å². The van der Waals surface area contributed by atoms with Crippen molar-refractivity contribution in [3.8, 4) is 11.4 Å². The number of rotatable bonds is 6. The number of ether oxygens (including phenoxy) is 1. The largest absolute Gasteiger partial charge is 0.489 e. The van der Waals surface area contributed by atoms with Gasteiger partial charge in [0.1, 0.15) is 18.2 Å². The number of hydrogen-bond acceptors (Lipinski definition) is 1. The average molecular weight is 385 g/mol. The Labute approximate surface area is 170 Å². The molecule has 0 spiro atoms. The predicted octanol–water partition coefficient (Wildman–Crippen LogP) is 7.12. The smallest absolute Gasteiger partial charge is 0.123 e. The summed E-state index contributed by atoms with van der Waals surface area (Å²) in [7, 11) is 0. The number of aromatic nitrogens is 1. The molecule has 1 heterocycles. The third-order valence-electron chi connectivity index (χ3n) is 5.10. The molecule has 3 heteroatoms. The average Bonchev–Trinajstić information content (AvgIpc) is 3.07. The van der Waals surface area contributed by atoms with E-state index in [0.717, 1.165) is 39.2 Å². The number of fused-ring (bicyclic) bond motifs is 1. The van der Waals surface area contributed by atoms with Crippen LogP contribution >= 0.6 is 0 Å². The Hall–Kier alpha value is -3.33. The molecule has 146 valence electrons. The summed E-state index contributed by atoms with van der Waals surface area (Å²) >= 11 is 0. The molecule has 0 N–H and O–H groups in total. The number of halogens is 1. The molecule has 4 rings (SSSR count). The van der Waals surface area contributed by atoms with Gasteiger partial charge in [-0.1, -0.05) is 56.8 Å². The number of hydrogen-bond donors (Lipinski definition) is 0. The van der Waals surface area contributed by atoms with Crippen molar-refractivity contribution in [1.82, 2.24) is 4.57 Å². The van der Waals surface area contributed by atoms with E-state index in [4.69, 9.17) is 4.74 Å². The van der Waals surface area contributed by atoms with Crippen LogP contribution in [0.1, 0.15) is 36.6 Å². The van der Waals surface area contributed by atoms with Gasteiger partial charge in [0.25, 0.3) is 0 Å². The van der Waals surface area contributed by atoms with Crippen molar-refractivity contribution in [3.05, 3.63) is 102 Å². The SMILES string of the molecule is C=Cc1c(C(C)C)n(-c2ccc(F)cc2)c2ccc(OCc3ccccc3)cc12. The maximum Gasteiger partial charge on any atom is 0.123 e. The summed E-state index contributed by atoms with van der Waals surface area (Å²) in [5.74, 6) is 0.849. The lowest BCUT2D eigenvalue weighted by molar-refractivity contribution is 0.306. The van der Waals surface area contributed by atoms with Gasteiger partial charge in [0, 0.05) is 22.3 Å². The van der Waals surface area contributed by atoms with E-state index in [0.29, 0.717) is 6.61 Å². The van der Waals surface area contributed by atoms with Crippen LogP contribution in [0.15, 0.2) is 79.4 Å². The van der Waals surface area contributed by atoms with Crippen LogP contribution in [0.3, 0.4) is 0 Å². The first-order valence-electron chi connectivity index (χ1n) is 9.82. The molecule has 3 aromatic carbocycles. The van der Waals surface area contributed by atoms with Crippen LogP contribution in [0.4, 0.5) is 4.39 Å². The molecule has 4 aromatic rings. The summed E-state index contributed by atoms with van der Waals surface area (Å²) in [6.07, 6.45) is 1.90. The molecule has 0 bridgehead atoms. The molecule has 2 nitrogen and oxygen atoms in total. The molecule has 0 radical (unpaired) electrons. The summed E-state index contributed by atoms with van der Waals surface area (Å²) in [5.41, 5.74) is 5.36. The third-order valence-corrected chi connectivity index (χ3v) is 5.10. The van der Waals surface area contributed by atoms with E-state index in [1.807, 2.05) is 42.5 Å². The Morgan fingerprint density at radius 2 is 1.72 bits per heavy atom. The van der Waals surface area contributed by atoms with Crippen molar-refractivity contribution in [2.45, 2.75) is 26.4 Å². The maximum absolute atomic E-state index is 13.5. The van der Waals surface area contributed by atoms with Crippen molar-refractivity contribution in [2.24, 2.45) is 0 Å². The highest BCUT2D eigenvalue weighted by Gasteiger charge is 2.19. The highest BCUT2D eigenvalue weighted by molar-refractivity contribution is 5.93. The van der Waals surface area contributed by atoms with Crippen LogP contribution in [0.25, 0.3) is 22.7 Å². The fraction of sp³-hybridized carbons (Fsp3) is 0.154. The third kappa shape index (κ3) is 3.68. The minimum Gasteiger partial charge on any atom is -0.489 e.